The third kappa shape index (κ3) is 7.35. The predicted octanol–water partition coefficient (Wildman–Crippen LogP) is 5.39. The Morgan fingerprint density at radius 3 is 2.41 bits per heavy atom. The Morgan fingerprint density at radius 2 is 1.65 bits per heavy atom. The Kier molecular flexibility index (Phi) is 7.67. The van der Waals surface area contributed by atoms with E-state index >= 15 is 0 Å². The van der Waals surface area contributed by atoms with Gasteiger partial charge in [0.1, 0.15) is 0 Å². The van der Waals surface area contributed by atoms with E-state index in [0.717, 1.165) is 0 Å². The van der Waals surface area contributed by atoms with Crippen LogP contribution >= 0.6 is 0 Å². The second-order valence-corrected chi connectivity index (χ2v) is 4.08. The van der Waals surface area contributed by atoms with Gasteiger partial charge in [-0.2, -0.15) is 0 Å². The molecule has 1 rings (SSSR count). The van der Waals surface area contributed by atoms with Crippen molar-refractivity contribution >= 4 is 6.08 Å². The Hall–Kier alpha value is -1.56. The molecule has 0 aromatic heterocycles. The van der Waals surface area contributed by atoms with Gasteiger partial charge in [0.05, 0.1) is 0 Å². The SMILES string of the molecule is CCCCC/C=C/C=C/C=C\c1ccccc1. The van der Waals surface area contributed by atoms with Crippen molar-refractivity contribution in [2.45, 2.75) is 32.6 Å². The molecule has 0 saturated carbocycles. The monoisotopic (exact) mass is 226 g/mol. The number of benzene rings is 1. The zero-order valence-corrected chi connectivity index (χ0v) is 10.7. The van der Waals surface area contributed by atoms with E-state index in [1.807, 2.05) is 6.07 Å². The number of hydrogen-bond donors (Lipinski definition) is 0. The summed E-state index contributed by atoms with van der Waals surface area (Å²) in [4.78, 5) is 0. The molecule has 0 unspecified atom stereocenters. The lowest BCUT2D eigenvalue weighted by molar-refractivity contribution is 0.729. The Morgan fingerprint density at radius 1 is 0.882 bits per heavy atom. The molecule has 0 radical (unpaired) electrons. The standard InChI is InChI=1S/C17H22/c1-2-3-4-5-6-7-8-9-11-14-17-15-12-10-13-16-17/h6-16H,2-5H2,1H3/b7-6+,9-8+,14-11-. The molecule has 0 spiro atoms. The lowest BCUT2D eigenvalue weighted by Crippen LogP contribution is -1.69. The van der Waals surface area contributed by atoms with E-state index in [2.05, 4.69) is 67.6 Å². The minimum atomic E-state index is 1.20. The second-order valence-electron chi connectivity index (χ2n) is 4.08. The third-order valence-corrected chi connectivity index (χ3v) is 2.53. The van der Waals surface area contributed by atoms with E-state index in [0.29, 0.717) is 0 Å². The molecular formula is C17H22. The molecule has 0 aliphatic carbocycles. The van der Waals surface area contributed by atoms with Crippen molar-refractivity contribution in [3.63, 3.8) is 0 Å². The molecular weight excluding hydrogens is 204 g/mol. The molecule has 0 aliphatic heterocycles. The number of rotatable bonds is 7. The van der Waals surface area contributed by atoms with E-state index in [4.69, 9.17) is 0 Å². The van der Waals surface area contributed by atoms with Gasteiger partial charge in [-0.25, -0.2) is 0 Å². The fourth-order valence-electron chi connectivity index (χ4n) is 1.55. The first-order valence-electron chi connectivity index (χ1n) is 6.48. The first kappa shape index (κ1) is 13.5. The molecule has 0 bridgehead atoms. The van der Waals surface area contributed by atoms with Gasteiger partial charge >= 0.3 is 0 Å². The number of allylic oxidation sites excluding steroid dienone is 5. The van der Waals surface area contributed by atoms with Crippen LogP contribution in [0.4, 0.5) is 0 Å². The molecule has 0 N–H and O–H groups in total. The molecule has 1 aromatic rings. The van der Waals surface area contributed by atoms with E-state index in [1.54, 1.807) is 0 Å². The molecule has 0 amide bonds. The van der Waals surface area contributed by atoms with Crippen LogP contribution in [0.2, 0.25) is 0 Å². The molecule has 0 fully saturated rings. The highest BCUT2D eigenvalue weighted by Gasteiger charge is 1.80. The van der Waals surface area contributed by atoms with Gasteiger partial charge in [0.2, 0.25) is 0 Å². The normalized spacial score (nSPS) is 12.1. The van der Waals surface area contributed by atoms with Crippen molar-refractivity contribution in [2.24, 2.45) is 0 Å². The molecule has 0 heteroatoms. The van der Waals surface area contributed by atoms with Crippen LogP contribution in [-0.2, 0) is 0 Å². The maximum absolute atomic E-state index is 2.24. The average molecular weight is 226 g/mol. The topological polar surface area (TPSA) is 0 Å². The van der Waals surface area contributed by atoms with E-state index < -0.39 is 0 Å². The molecule has 0 nitrogen and oxygen atoms in total. The maximum atomic E-state index is 2.24. The lowest BCUT2D eigenvalue weighted by Gasteiger charge is -1.89. The molecule has 0 heterocycles. The van der Waals surface area contributed by atoms with Crippen molar-refractivity contribution in [1.82, 2.24) is 0 Å². The summed E-state index contributed by atoms with van der Waals surface area (Å²) in [6, 6.07) is 10.3. The fraction of sp³-hybridized carbons (Fsp3) is 0.294. The number of hydrogen-bond acceptors (Lipinski definition) is 0. The average Bonchev–Trinajstić information content (AvgIpc) is 2.38. The largest absolute Gasteiger partial charge is 0.0845 e. The molecule has 1 aromatic carbocycles. The smallest absolute Gasteiger partial charge is 0.0257 e. The molecule has 0 atom stereocenters. The van der Waals surface area contributed by atoms with Gasteiger partial charge in [0.25, 0.3) is 0 Å². The Balaban J connectivity index is 2.19. The lowest BCUT2D eigenvalue weighted by atomic mass is 10.2. The van der Waals surface area contributed by atoms with Gasteiger partial charge < -0.3 is 0 Å². The summed E-state index contributed by atoms with van der Waals surface area (Å²) in [7, 11) is 0. The van der Waals surface area contributed by atoms with Gasteiger partial charge in [0, 0.05) is 0 Å². The number of unbranched alkanes of at least 4 members (excludes halogenated alkanes) is 3. The third-order valence-electron chi connectivity index (χ3n) is 2.53. The van der Waals surface area contributed by atoms with E-state index in [1.165, 1.54) is 31.2 Å². The quantitative estimate of drug-likeness (QED) is 0.432. The van der Waals surface area contributed by atoms with Crippen LogP contribution in [-0.4, -0.2) is 0 Å². The van der Waals surface area contributed by atoms with Gasteiger partial charge in [0.15, 0.2) is 0 Å². The summed E-state index contributed by atoms with van der Waals surface area (Å²) >= 11 is 0. The molecule has 0 aliphatic rings. The van der Waals surface area contributed by atoms with Crippen molar-refractivity contribution in [3.8, 4) is 0 Å². The maximum Gasteiger partial charge on any atom is -0.0257 e. The van der Waals surface area contributed by atoms with Crippen LogP contribution in [0.1, 0.15) is 38.2 Å². The van der Waals surface area contributed by atoms with Crippen LogP contribution < -0.4 is 0 Å². The summed E-state index contributed by atoms with van der Waals surface area (Å²) in [5.41, 5.74) is 1.24. The highest BCUT2D eigenvalue weighted by Crippen LogP contribution is 2.01. The van der Waals surface area contributed by atoms with Crippen LogP contribution in [0.15, 0.2) is 60.7 Å². The van der Waals surface area contributed by atoms with Gasteiger partial charge in [-0.1, -0.05) is 86.6 Å². The summed E-state index contributed by atoms with van der Waals surface area (Å²) in [5, 5.41) is 0. The minimum Gasteiger partial charge on any atom is -0.0845 e. The van der Waals surface area contributed by atoms with Crippen molar-refractivity contribution < 1.29 is 0 Å². The van der Waals surface area contributed by atoms with Crippen molar-refractivity contribution in [1.29, 1.82) is 0 Å². The highest BCUT2D eigenvalue weighted by molar-refractivity contribution is 5.50. The fourth-order valence-corrected chi connectivity index (χ4v) is 1.55. The first-order valence-corrected chi connectivity index (χ1v) is 6.48. The van der Waals surface area contributed by atoms with Gasteiger partial charge in [-0.05, 0) is 18.4 Å². The minimum absolute atomic E-state index is 1.20. The second kappa shape index (κ2) is 9.65. The van der Waals surface area contributed by atoms with E-state index in [9.17, 15) is 0 Å². The van der Waals surface area contributed by atoms with Crippen LogP contribution in [0.3, 0.4) is 0 Å². The summed E-state index contributed by atoms with van der Waals surface area (Å²) < 4.78 is 0. The van der Waals surface area contributed by atoms with Crippen molar-refractivity contribution in [2.75, 3.05) is 0 Å². The van der Waals surface area contributed by atoms with Crippen LogP contribution in [0.25, 0.3) is 6.08 Å². The van der Waals surface area contributed by atoms with Gasteiger partial charge in [-0.3, -0.25) is 0 Å². The molecule has 0 saturated heterocycles. The van der Waals surface area contributed by atoms with Crippen LogP contribution in [0, 0.1) is 0 Å². The first-order chi connectivity index (χ1) is 8.43. The van der Waals surface area contributed by atoms with E-state index in [-0.39, 0.29) is 0 Å². The zero-order chi connectivity index (χ0) is 12.2. The summed E-state index contributed by atoms with van der Waals surface area (Å²) in [5.74, 6) is 0. The van der Waals surface area contributed by atoms with Gasteiger partial charge in [-0.15, -0.1) is 0 Å². The highest BCUT2D eigenvalue weighted by atomic mass is 13.9. The summed E-state index contributed by atoms with van der Waals surface area (Å²) in [6.45, 7) is 2.23. The predicted molar refractivity (Wildman–Crippen MR) is 77.9 cm³/mol. The van der Waals surface area contributed by atoms with Crippen molar-refractivity contribution in [3.05, 3.63) is 66.3 Å². The zero-order valence-electron chi connectivity index (χ0n) is 10.7. The van der Waals surface area contributed by atoms with Crippen LogP contribution in [0.5, 0.6) is 0 Å². The Bertz CT molecular complexity index is 355. The molecule has 90 valence electrons. The Labute approximate surface area is 105 Å². The summed E-state index contributed by atoms with van der Waals surface area (Å²) in [6.07, 6.45) is 17.8. The molecule has 17 heavy (non-hydrogen) atoms.